The van der Waals surface area contributed by atoms with Gasteiger partial charge in [0.1, 0.15) is 12.1 Å². The smallest absolute Gasteiger partial charge is 0.254 e. The zero-order chi connectivity index (χ0) is 11.8. The Hall–Kier alpha value is -1.17. The van der Waals surface area contributed by atoms with Gasteiger partial charge in [-0.25, -0.2) is 4.98 Å². The molecule has 6 heteroatoms. The van der Waals surface area contributed by atoms with Gasteiger partial charge in [0.05, 0.1) is 0 Å². The van der Waals surface area contributed by atoms with Crippen LogP contribution in [0.3, 0.4) is 0 Å². The third-order valence-electron chi connectivity index (χ3n) is 2.97. The summed E-state index contributed by atoms with van der Waals surface area (Å²) in [5.74, 6) is 1.78. The summed E-state index contributed by atoms with van der Waals surface area (Å²) in [7, 11) is 0. The molecule has 2 aromatic rings. The van der Waals surface area contributed by atoms with E-state index in [1.54, 1.807) is 6.33 Å². The van der Waals surface area contributed by atoms with E-state index in [2.05, 4.69) is 42.0 Å². The van der Waals surface area contributed by atoms with E-state index in [0.717, 1.165) is 23.4 Å². The van der Waals surface area contributed by atoms with Crippen molar-refractivity contribution in [2.75, 3.05) is 16.8 Å². The summed E-state index contributed by atoms with van der Waals surface area (Å²) in [5, 5.41) is 5.22. The maximum atomic E-state index is 4.37. The SMILES string of the molecule is Cc1cc(N(CCBr)C2CC2)n2ncnc2n1. The van der Waals surface area contributed by atoms with Gasteiger partial charge in [0.25, 0.3) is 5.78 Å². The zero-order valence-corrected chi connectivity index (χ0v) is 11.3. The Labute approximate surface area is 108 Å². The van der Waals surface area contributed by atoms with Crippen LogP contribution in [0.1, 0.15) is 18.5 Å². The number of anilines is 1. The van der Waals surface area contributed by atoms with Gasteiger partial charge in [-0.1, -0.05) is 15.9 Å². The van der Waals surface area contributed by atoms with Gasteiger partial charge in [-0.2, -0.15) is 14.6 Å². The molecule has 90 valence electrons. The lowest BCUT2D eigenvalue weighted by molar-refractivity contribution is 0.774. The molecule has 1 aliphatic carbocycles. The van der Waals surface area contributed by atoms with E-state index in [1.807, 2.05) is 11.4 Å². The van der Waals surface area contributed by atoms with Crippen molar-refractivity contribution in [3.8, 4) is 0 Å². The molecular weight excluding hydrogens is 282 g/mol. The van der Waals surface area contributed by atoms with Crippen molar-refractivity contribution < 1.29 is 0 Å². The minimum atomic E-state index is 0.654. The van der Waals surface area contributed by atoms with Gasteiger partial charge in [-0.05, 0) is 19.8 Å². The van der Waals surface area contributed by atoms with Gasteiger partial charge < -0.3 is 4.90 Å². The minimum absolute atomic E-state index is 0.654. The van der Waals surface area contributed by atoms with Crippen LogP contribution in [-0.2, 0) is 0 Å². The van der Waals surface area contributed by atoms with Gasteiger partial charge >= 0.3 is 0 Å². The van der Waals surface area contributed by atoms with Crippen LogP contribution in [0, 0.1) is 6.92 Å². The molecule has 17 heavy (non-hydrogen) atoms. The monoisotopic (exact) mass is 295 g/mol. The van der Waals surface area contributed by atoms with E-state index in [9.17, 15) is 0 Å². The van der Waals surface area contributed by atoms with Crippen molar-refractivity contribution in [1.29, 1.82) is 0 Å². The highest BCUT2D eigenvalue weighted by atomic mass is 79.9. The van der Waals surface area contributed by atoms with E-state index in [-0.39, 0.29) is 0 Å². The van der Waals surface area contributed by atoms with Crippen LogP contribution in [-0.4, -0.2) is 37.5 Å². The predicted octanol–water partition coefficient (Wildman–Crippen LogP) is 1.80. The third-order valence-corrected chi connectivity index (χ3v) is 3.32. The van der Waals surface area contributed by atoms with Gasteiger partial charge in [-0.15, -0.1) is 0 Å². The Balaban J connectivity index is 2.09. The number of hydrogen-bond acceptors (Lipinski definition) is 4. The average molecular weight is 296 g/mol. The average Bonchev–Trinajstić information content (AvgIpc) is 3.04. The standard InChI is InChI=1S/C11H14BrN5/c1-8-6-10(16(5-4-12)9-2-3-9)17-11(15-8)13-7-14-17/h6-7,9H,2-5H2,1H3. The summed E-state index contributed by atoms with van der Waals surface area (Å²) in [6.07, 6.45) is 4.10. The molecule has 2 aromatic heterocycles. The molecule has 0 saturated heterocycles. The van der Waals surface area contributed by atoms with Crippen LogP contribution in [0.25, 0.3) is 5.78 Å². The molecule has 0 atom stereocenters. The lowest BCUT2D eigenvalue weighted by atomic mass is 10.3. The van der Waals surface area contributed by atoms with Crippen molar-refractivity contribution in [2.24, 2.45) is 0 Å². The normalized spacial score (nSPS) is 15.4. The summed E-state index contributed by atoms with van der Waals surface area (Å²) in [5.41, 5.74) is 0.987. The van der Waals surface area contributed by atoms with Gasteiger partial charge in [0.2, 0.25) is 0 Å². The molecule has 5 nitrogen and oxygen atoms in total. The van der Waals surface area contributed by atoms with E-state index < -0.39 is 0 Å². The first kappa shape index (κ1) is 11.0. The van der Waals surface area contributed by atoms with Crippen LogP contribution < -0.4 is 4.90 Å². The number of halogens is 1. The van der Waals surface area contributed by atoms with Crippen LogP contribution in [0.4, 0.5) is 5.82 Å². The molecule has 0 amide bonds. The third kappa shape index (κ3) is 2.01. The number of nitrogens with zero attached hydrogens (tertiary/aromatic N) is 5. The predicted molar refractivity (Wildman–Crippen MR) is 69.7 cm³/mol. The second-order valence-electron chi connectivity index (χ2n) is 4.34. The highest BCUT2D eigenvalue weighted by Crippen LogP contribution is 2.31. The van der Waals surface area contributed by atoms with Crippen LogP contribution in [0.5, 0.6) is 0 Å². The number of fused-ring (bicyclic) bond motifs is 1. The molecule has 0 aliphatic heterocycles. The topological polar surface area (TPSA) is 46.3 Å². The Morgan fingerprint density at radius 3 is 3.06 bits per heavy atom. The molecule has 1 fully saturated rings. The van der Waals surface area contributed by atoms with Gasteiger partial charge in [-0.3, -0.25) is 0 Å². The number of aromatic nitrogens is 4. The lowest BCUT2D eigenvalue weighted by Gasteiger charge is -2.23. The number of aryl methyl sites for hydroxylation is 1. The first-order chi connectivity index (χ1) is 8.29. The van der Waals surface area contributed by atoms with E-state index in [0.29, 0.717) is 11.8 Å². The zero-order valence-electron chi connectivity index (χ0n) is 9.67. The molecule has 0 N–H and O–H groups in total. The molecule has 1 saturated carbocycles. The number of alkyl halides is 1. The number of rotatable bonds is 4. The van der Waals surface area contributed by atoms with Crippen LogP contribution >= 0.6 is 15.9 Å². The van der Waals surface area contributed by atoms with Crippen molar-refractivity contribution in [1.82, 2.24) is 19.6 Å². The molecule has 0 aromatic carbocycles. The summed E-state index contributed by atoms with van der Waals surface area (Å²) < 4.78 is 1.83. The molecule has 2 heterocycles. The van der Waals surface area contributed by atoms with Crippen molar-refractivity contribution >= 4 is 27.5 Å². The van der Waals surface area contributed by atoms with Crippen LogP contribution in [0.2, 0.25) is 0 Å². The van der Waals surface area contributed by atoms with E-state index in [4.69, 9.17) is 0 Å². The van der Waals surface area contributed by atoms with Crippen molar-refractivity contribution in [3.63, 3.8) is 0 Å². The number of hydrogen-bond donors (Lipinski definition) is 0. The Morgan fingerprint density at radius 1 is 1.53 bits per heavy atom. The summed E-state index contributed by atoms with van der Waals surface area (Å²) in [6.45, 7) is 2.99. The molecular formula is C11H14BrN5. The molecule has 0 unspecified atom stereocenters. The highest BCUT2D eigenvalue weighted by molar-refractivity contribution is 9.09. The largest absolute Gasteiger partial charge is 0.353 e. The van der Waals surface area contributed by atoms with Gasteiger partial charge in [0.15, 0.2) is 0 Å². The Morgan fingerprint density at radius 2 is 2.35 bits per heavy atom. The first-order valence-corrected chi connectivity index (χ1v) is 6.92. The fourth-order valence-electron chi connectivity index (χ4n) is 2.08. The maximum Gasteiger partial charge on any atom is 0.254 e. The van der Waals surface area contributed by atoms with E-state index >= 15 is 0 Å². The van der Waals surface area contributed by atoms with E-state index in [1.165, 1.54) is 12.8 Å². The van der Waals surface area contributed by atoms with Crippen LogP contribution in [0.15, 0.2) is 12.4 Å². The fourth-order valence-corrected chi connectivity index (χ4v) is 2.46. The van der Waals surface area contributed by atoms with Gasteiger partial charge in [0, 0.05) is 29.7 Å². The molecule has 0 bridgehead atoms. The molecule has 3 rings (SSSR count). The molecule has 0 spiro atoms. The summed E-state index contributed by atoms with van der Waals surface area (Å²) in [4.78, 5) is 10.9. The maximum absolute atomic E-state index is 4.37. The first-order valence-electron chi connectivity index (χ1n) is 5.79. The summed E-state index contributed by atoms with van der Waals surface area (Å²) in [6, 6.07) is 2.74. The minimum Gasteiger partial charge on any atom is -0.353 e. The summed E-state index contributed by atoms with van der Waals surface area (Å²) >= 11 is 3.51. The molecule has 1 aliphatic rings. The quantitative estimate of drug-likeness (QED) is 0.807. The van der Waals surface area contributed by atoms with Crippen molar-refractivity contribution in [3.05, 3.63) is 18.1 Å². The Kier molecular flexibility index (Phi) is 2.74. The van der Waals surface area contributed by atoms with Crippen molar-refractivity contribution in [2.45, 2.75) is 25.8 Å². The highest BCUT2D eigenvalue weighted by Gasteiger charge is 2.30. The second-order valence-corrected chi connectivity index (χ2v) is 5.13. The molecule has 0 radical (unpaired) electrons. The second kappa shape index (κ2) is 4.25. The fraction of sp³-hybridized carbons (Fsp3) is 0.545. The lowest BCUT2D eigenvalue weighted by Crippen LogP contribution is -2.30. The Bertz CT molecular complexity index is 534.